The van der Waals surface area contributed by atoms with Gasteiger partial charge in [-0.25, -0.2) is 9.97 Å². The van der Waals surface area contributed by atoms with E-state index in [2.05, 4.69) is 256 Å². The van der Waals surface area contributed by atoms with E-state index in [4.69, 9.17) is 19.4 Å². The van der Waals surface area contributed by atoms with E-state index in [1.165, 1.54) is 21.5 Å². The number of rotatable bonds is 12. The SMILES string of the molecule is C=CC1CC(C=C)C(C(=O)OCc2ccc3c(c2)c2ccccc2n3-c2cccc(-n3c4ccccc4c4ccccc43)n2)C1.O=C(OCc1ccc2c(c1)c1ccccc1n2-c1cccc(-n2c3ccccc3c3ccccc32)n1)C1CC2C=CC1C2. The minimum atomic E-state index is -0.163. The molecule has 6 atom stereocenters. The Morgan fingerprint density at radius 2 is 0.750 bits per heavy atom. The number of carbonyl (C=O) groups excluding carboxylic acids is 2. The molecule has 2 saturated carbocycles. The maximum atomic E-state index is 13.1. The van der Waals surface area contributed by atoms with Gasteiger partial charge in [-0.3, -0.25) is 27.9 Å². The number of ether oxygens (including phenoxy) is 2. The molecule has 0 N–H and O–H groups in total. The predicted molar refractivity (Wildman–Crippen MR) is 354 cm³/mol. The highest BCUT2D eigenvalue weighted by atomic mass is 16.5. The summed E-state index contributed by atoms with van der Waals surface area (Å²) in [5.41, 5.74) is 10.8. The Morgan fingerprint density at radius 1 is 0.386 bits per heavy atom. The van der Waals surface area contributed by atoms with Gasteiger partial charge in [0.2, 0.25) is 0 Å². The number of nitrogens with zero attached hydrogens (tertiary/aromatic N) is 6. The molecule has 0 saturated heterocycles. The van der Waals surface area contributed by atoms with Gasteiger partial charge in [0.05, 0.1) is 56.0 Å². The molecular formula is C78H62N6O4. The molecule has 0 spiro atoms. The Morgan fingerprint density at radius 3 is 1.10 bits per heavy atom. The van der Waals surface area contributed by atoms with E-state index in [0.717, 1.165) is 126 Å². The van der Waals surface area contributed by atoms with Crippen LogP contribution in [0.4, 0.5) is 0 Å². The van der Waals surface area contributed by atoms with Gasteiger partial charge in [0.25, 0.3) is 0 Å². The Bertz CT molecular complexity index is 5070. The lowest BCUT2D eigenvalue weighted by Gasteiger charge is -2.16. The average molecular weight is 1150 g/mol. The third-order valence-corrected chi connectivity index (χ3v) is 18.9. The number of carbonyl (C=O) groups is 2. The number of benzene rings is 8. The first-order valence-electron chi connectivity index (χ1n) is 30.6. The lowest BCUT2D eigenvalue weighted by molar-refractivity contribution is -0.151. The van der Waals surface area contributed by atoms with Gasteiger partial charge in [-0.2, -0.15) is 0 Å². The Kier molecular flexibility index (Phi) is 13.1. The van der Waals surface area contributed by atoms with Crippen LogP contribution in [0.25, 0.3) is 110 Å². The molecule has 6 heterocycles. The standard InChI is InChI=1S/C40H33N3O2.C38H29N3O2/c1-3-26-22-28(4-2)32(23-26)40(44)45-25-27-20-21-37-33(24-27)31-14-7-10-17-36(31)43(37)39-19-11-18-38(41-39)42-34-15-8-5-12-29(34)30-13-6-9-16-35(30)42;42-38(30-21-24-16-18-26(30)20-24)43-23-25-17-19-35-31(22-25)29-10-3-6-13-34(29)41(35)37-15-7-14-36(39-37)40-32-11-4-1-8-27(32)28-9-2-5-12-33(28)40/h3-21,24,26,28,32H,1-2,22-23,25H2;1-19,22,24,26,30H,20-21,23H2. The van der Waals surface area contributed by atoms with Gasteiger partial charge in [-0.05, 0) is 145 Å². The number of para-hydroxylation sites is 6. The summed E-state index contributed by atoms with van der Waals surface area (Å²) in [5, 5.41) is 9.34. The first kappa shape index (κ1) is 52.9. The maximum absolute atomic E-state index is 13.1. The lowest BCUT2D eigenvalue weighted by Crippen LogP contribution is -2.21. The zero-order valence-electron chi connectivity index (χ0n) is 48.5. The second-order valence-corrected chi connectivity index (χ2v) is 23.9. The van der Waals surface area contributed by atoms with Crippen LogP contribution in [0, 0.1) is 35.5 Å². The maximum Gasteiger partial charge on any atom is 0.309 e. The van der Waals surface area contributed by atoms with Crippen LogP contribution < -0.4 is 0 Å². The van der Waals surface area contributed by atoms with Crippen molar-refractivity contribution in [2.75, 3.05) is 0 Å². The van der Waals surface area contributed by atoms with Crippen molar-refractivity contribution in [3.8, 4) is 23.3 Å². The summed E-state index contributed by atoms with van der Waals surface area (Å²) in [6, 6.07) is 75.9. The van der Waals surface area contributed by atoms with E-state index < -0.39 is 0 Å². The van der Waals surface area contributed by atoms with E-state index in [1.807, 2.05) is 18.2 Å². The fourth-order valence-electron chi connectivity index (χ4n) is 14.8. The monoisotopic (exact) mass is 1150 g/mol. The molecular weight excluding hydrogens is 1080 g/mol. The van der Waals surface area contributed by atoms with Crippen molar-refractivity contribution < 1.29 is 19.1 Å². The van der Waals surface area contributed by atoms with Gasteiger partial charge in [0.15, 0.2) is 0 Å². The zero-order valence-corrected chi connectivity index (χ0v) is 48.5. The predicted octanol–water partition coefficient (Wildman–Crippen LogP) is 17.9. The molecule has 2 fully saturated rings. The molecule has 8 aromatic carbocycles. The molecule has 0 amide bonds. The summed E-state index contributed by atoms with van der Waals surface area (Å²) in [7, 11) is 0. The third-order valence-electron chi connectivity index (χ3n) is 18.9. The molecule has 3 aliphatic carbocycles. The smallest absolute Gasteiger partial charge is 0.309 e. The topological polar surface area (TPSA) is 98.1 Å². The first-order valence-corrected chi connectivity index (χ1v) is 30.6. The fraction of sp³-hybridized carbons (Fsp3) is 0.154. The normalized spacial score (nSPS) is 18.7. The third kappa shape index (κ3) is 8.92. The van der Waals surface area contributed by atoms with Crippen LogP contribution in [0.5, 0.6) is 0 Å². The van der Waals surface area contributed by atoms with Gasteiger partial charge in [-0.1, -0.05) is 158 Å². The molecule has 10 nitrogen and oxygen atoms in total. The van der Waals surface area contributed by atoms with Gasteiger partial charge < -0.3 is 9.47 Å². The van der Waals surface area contributed by atoms with E-state index in [-0.39, 0.29) is 42.9 Å². The number of hydrogen-bond acceptors (Lipinski definition) is 6. The second kappa shape index (κ2) is 21.7. The largest absolute Gasteiger partial charge is 0.461 e. The molecule has 2 bridgehead atoms. The van der Waals surface area contributed by atoms with Gasteiger partial charge in [0.1, 0.15) is 36.5 Å². The van der Waals surface area contributed by atoms with Crippen molar-refractivity contribution in [1.82, 2.24) is 28.2 Å². The van der Waals surface area contributed by atoms with Gasteiger partial charge in [0, 0.05) is 43.1 Å². The summed E-state index contributed by atoms with van der Waals surface area (Å²) in [6.07, 6.45) is 12.0. The summed E-state index contributed by atoms with van der Waals surface area (Å²) < 4.78 is 20.7. The van der Waals surface area contributed by atoms with Crippen LogP contribution in [0.15, 0.2) is 256 Å². The first-order chi connectivity index (χ1) is 43.4. The highest BCUT2D eigenvalue weighted by Crippen LogP contribution is 2.45. The number of esters is 2. The Labute approximate surface area is 508 Å². The molecule has 10 heteroatoms. The lowest BCUT2D eigenvalue weighted by atomic mass is 9.94. The van der Waals surface area contributed by atoms with Crippen molar-refractivity contribution in [1.29, 1.82) is 0 Å². The minimum Gasteiger partial charge on any atom is -0.461 e. The van der Waals surface area contributed by atoms with E-state index >= 15 is 0 Å². The molecule has 3 aliphatic rings. The summed E-state index contributed by atoms with van der Waals surface area (Å²) >= 11 is 0. The number of aromatic nitrogens is 6. The van der Waals surface area contributed by atoms with Crippen molar-refractivity contribution in [2.24, 2.45) is 35.5 Å². The molecule has 17 rings (SSSR count). The van der Waals surface area contributed by atoms with E-state index in [0.29, 0.717) is 17.8 Å². The molecule has 14 aromatic rings. The highest BCUT2D eigenvalue weighted by Gasteiger charge is 2.41. The van der Waals surface area contributed by atoms with Crippen LogP contribution in [-0.2, 0) is 32.3 Å². The van der Waals surface area contributed by atoms with Crippen LogP contribution in [0.2, 0.25) is 0 Å². The van der Waals surface area contributed by atoms with Crippen molar-refractivity contribution in [2.45, 2.75) is 38.9 Å². The zero-order chi connectivity index (χ0) is 59.0. The highest BCUT2D eigenvalue weighted by molar-refractivity contribution is 6.12. The van der Waals surface area contributed by atoms with Gasteiger partial charge in [-0.15, -0.1) is 13.2 Å². The number of allylic oxidation sites excluding steroid dienone is 4. The fourth-order valence-corrected chi connectivity index (χ4v) is 14.8. The molecule has 0 radical (unpaired) electrons. The number of hydrogen-bond donors (Lipinski definition) is 0. The molecule has 428 valence electrons. The Balaban J connectivity index is 0.000000142. The van der Waals surface area contributed by atoms with Crippen molar-refractivity contribution in [3.63, 3.8) is 0 Å². The van der Waals surface area contributed by atoms with Crippen LogP contribution in [0.1, 0.15) is 36.8 Å². The van der Waals surface area contributed by atoms with Crippen molar-refractivity contribution in [3.05, 3.63) is 267 Å². The molecule has 6 unspecified atom stereocenters. The summed E-state index contributed by atoms with van der Waals surface area (Å²) in [5.74, 6) is 4.42. The van der Waals surface area contributed by atoms with Crippen LogP contribution in [0.3, 0.4) is 0 Å². The van der Waals surface area contributed by atoms with E-state index in [1.54, 1.807) is 0 Å². The number of fused-ring (bicyclic) bond motifs is 14. The second-order valence-electron chi connectivity index (χ2n) is 23.9. The summed E-state index contributed by atoms with van der Waals surface area (Å²) in [6.45, 7) is 8.39. The molecule has 6 aromatic heterocycles. The average Bonchev–Trinajstić information content (AvgIpc) is 1.77. The van der Waals surface area contributed by atoms with Crippen molar-refractivity contribution >= 4 is 99.2 Å². The Hall–Kier alpha value is -10.6. The van der Waals surface area contributed by atoms with E-state index in [9.17, 15) is 9.59 Å². The molecule has 0 aliphatic heterocycles. The van der Waals surface area contributed by atoms with Crippen LogP contribution >= 0.6 is 0 Å². The van der Waals surface area contributed by atoms with Gasteiger partial charge >= 0.3 is 11.9 Å². The minimum absolute atomic E-state index is 0.00790. The summed E-state index contributed by atoms with van der Waals surface area (Å²) in [4.78, 5) is 36.5. The number of pyridine rings is 2. The quantitative estimate of drug-likeness (QED) is 0.0893. The molecule has 88 heavy (non-hydrogen) atoms. The van der Waals surface area contributed by atoms with Crippen LogP contribution in [-0.4, -0.2) is 40.2 Å².